The molecule has 1 fully saturated rings. The Labute approximate surface area is 115 Å². The summed E-state index contributed by atoms with van der Waals surface area (Å²) in [6, 6.07) is 0. The maximum Gasteiger partial charge on any atom is 0.237 e. The fourth-order valence-corrected chi connectivity index (χ4v) is 2.53. The van der Waals surface area contributed by atoms with Crippen LogP contribution in [0.1, 0.15) is 25.7 Å². The van der Waals surface area contributed by atoms with Gasteiger partial charge in [-0.2, -0.15) is 0 Å². The van der Waals surface area contributed by atoms with Gasteiger partial charge in [-0.1, -0.05) is 18.0 Å². The van der Waals surface area contributed by atoms with Gasteiger partial charge in [0, 0.05) is 0 Å². The van der Waals surface area contributed by atoms with Crippen molar-refractivity contribution in [1.29, 1.82) is 0 Å². The molecule has 0 aromatic carbocycles. The molecule has 0 radical (unpaired) electrons. The molecule has 3 amide bonds. The Morgan fingerprint density at radius 3 is 1.85 bits per heavy atom. The third-order valence-corrected chi connectivity index (χ3v) is 3.45. The number of hydrogen-bond donors (Lipinski definition) is 4. The molecule has 1 aliphatic carbocycles. The SMILES string of the molecule is NC(=O)CN(CC(N)=O)C(=O)C1(C(N)=NO)CCCC1. The van der Waals surface area contributed by atoms with Crippen LogP contribution >= 0.6 is 0 Å². The molecule has 0 spiro atoms. The number of carbonyl (C=O) groups excluding carboxylic acids is 3. The molecule has 20 heavy (non-hydrogen) atoms. The zero-order valence-corrected chi connectivity index (χ0v) is 11.0. The molecule has 9 heteroatoms. The van der Waals surface area contributed by atoms with E-state index in [1.54, 1.807) is 0 Å². The number of nitrogens with zero attached hydrogens (tertiary/aromatic N) is 2. The highest BCUT2D eigenvalue weighted by Gasteiger charge is 2.47. The van der Waals surface area contributed by atoms with Crippen LogP contribution in [0.25, 0.3) is 0 Å². The van der Waals surface area contributed by atoms with Crippen molar-refractivity contribution in [1.82, 2.24) is 4.90 Å². The maximum atomic E-state index is 12.6. The Kier molecular flexibility index (Phi) is 4.89. The number of amides is 3. The number of amidine groups is 1. The van der Waals surface area contributed by atoms with E-state index >= 15 is 0 Å². The second-order valence-electron chi connectivity index (χ2n) is 4.87. The zero-order chi connectivity index (χ0) is 15.3. The van der Waals surface area contributed by atoms with Crippen molar-refractivity contribution in [2.75, 3.05) is 13.1 Å². The number of primary amides is 2. The molecule has 7 N–H and O–H groups in total. The fourth-order valence-electron chi connectivity index (χ4n) is 2.53. The van der Waals surface area contributed by atoms with E-state index in [-0.39, 0.29) is 5.84 Å². The van der Waals surface area contributed by atoms with E-state index in [0.717, 1.165) is 17.7 Å². The third-order valence-electron chi connectivity index (χ3n) is 3.45. The van der Waals surface area contributed by atoms with E-state index < -0.39 is 36.2 Å². The molecule has 0 bridgehead atoms. The second-order valence-corrected chi connectivity index (χ2v) is 4.87. The highest BCUT2D eigenvalue weighted by Crippen LogP contribution is 2.40. The molecule has 0 saturated heterocycles. The average Bonchev–Trinajstić information content (AvgIpc) is 2.85. The molecule has 1 rings (SSSR count). The molecule has 1 aliphatic rings. The van der Waals surface area contributed by atoms with Gasteiger partial charge in [0.25, 0.3) is 0 Å². The van der Waals surface area contributed by atoms with Crippen LogP contribution in [0.2, 0.25) is 0 Å². The predicted molar refractivity (Wildman–Crippen MR) is 69.3 cm³/mol. The smallest absolute Gasteiger partial charge is 0.237 e. The summed E-state index contributed by atoms with van der Waals surface area (Å²) >= 11 is 0. The van der Waals surface area contributed by atoms with Crippen molar-refractivity contribution in [3.63, 3.8) is 0 Å². The molecule has 0 unspecified atom stereocenters. The largest absolute Gasteiger partial charge is 0.409 e. The van der Waals surface area contributed by atoms with Gasteiger partial charge >= 0.3 is 0 Å². The summed E-state index contributed by atoms with van der Waals surface area (Å²) in [6.45, 7) is -0.884. The zero-order valence-electron chi connectivity index (χ0n) is 11.0. The standard InChI is InChI=1S/C11H19N5O4/c12-7(17)5-16(6-8(13)18)10(19)11(9(14)15-20)3-1-2-4-11/h20H,1-6H2,(H2,12,17)(H2,13,18)(H2,14,15). The molecule has 0 heterocycles. The summed E-state index contributed by atoms with van der Waals surface area (Å²) in [5, 5.41) is 11.8. The fraction of sp³-hybridized carbons (Fsp3) is 0.636. The van der Waals surface area contributed by atoms with Gasteiger partial charge in [-0.3, -0.25) is 14.4 Å². The highest BCUT2D eigenvalue weighted by molar-refractivity contribution is 6.08. The summed E-state index contributed by atoms with van der Waals surface area (Å²) in [6.07, 6.45) is 2.22. The van der Waals surface area contributed by atoms with Crippen molar-refractivity contribution in [3.05, 3.63) is 0 Å². The summed E-state index contributed by atoms with van der Waals surface area (Å²) in [4.78, 5) is 35.6. The van der Waals surface area contributed by atoms with Gasteiger partial charge < -0.3 is 27.3 Å². The van der Waals surface area contributed by atoms with Gasteiger partial charge in [-0.15, -0.1) is 0 Å². The van der Waals surface area contributed by atoms with E-state index in [1.807, 2.05) is 0 Å². The highest BCUT2D eigenvalue weighted by atomic mass is 16.4. The van der Waals surface area contributed by atoms with E-state index in [2.05, 4.69) is 5.16 Å². The minimum atomic E-state index is -1.19. The number of rotatable bonds is 6. The molecule has 0 atom stereocenters. The summed E-state index contributed by atoms with van der Waals surface area (Å²) in [5.74, 6) is -2.33. The van der Waals surface area contributed by atoms with Gasteiger partial charge in [0.1, 0.15) is 5.41 Å². The lowest BCUT2D eigenvalue weighted by Crippen LogP contribution is -2.53. The second kappa shape index (κ2) is 6.22. The molecular formula is C11H19N5O4. The number of nitrogens with two attached hydrogens (primary N) is 3. The lowest BCUT2D eigenvalue weighted by molar-refractivity contribution is -0.143. The predicted octanol–water partition coefficient (Wildman–Crippen LogP) is -1.91. The van der Waals surface area contributed by atoms with Crippen molar-refractivity contribution in [2.24, 2.45) is 27.8 Å². The Balaban J connectivity index is 3.06. The average molecular weight is 285 g/mol. The first-order chi connectivity index (χ1) is 9.33. The lowest BCUT2D eigenvalue weighted by atomic mass is 9.83. The lowest BCUT2D eigenvalue weighted by Gasteiger charge is -2.32. The van der Waals surface area contributed by atoms with Crippen molar-refractivity contribution < 1.29 is 19.6 Å². The van der Waals surface area contributed by atoms with Gasteiger partial charge in [-0.25, -0.2) is 0 Å². The number of hydrogen-bond acceptors (Lipinski definition) is 5. The van der Waals surface area contributed by atoms with E-state index in [9.17, 15) is 14.4 Å². The monoisotopic (exact) mass is 285 g/mol. The van der Waals surface area contributed by atoms with E-state index in [4.69, 9.17) is 22.4 Å². The quantitative estimate of drug-likeness (QED) is 0.193. The summed E-state index contributed by atoms with van der Waals surface area (Å²) in [7, 11) is 0. The number of carbonyl (C=O) groups is 3. The summed E-state index contributed by atoms with van der Waals surface area (Å²) in [5.41, 5.74) is 14.6. The molecular weight excluding hydrogens is 266 g/mol. The first kappa shape index (κ1) is 15.7. The minimum absolute atomic E-state index is 0.223. The Morgan fingerprint density at radius 1 is 1.05 bits per heavy atom. The van der Waals surface area contributed by atoms with Crippen LogP contribution < -0.4 is 17.2 Å². The topological polar surface area (TPSA) is 165 Å². The van der Waals surface area contributed by atoms with Crippen molar-refractivity contribution >= 4 is 23.6 Å². The van der Waals surface area contributed by atoms with Crippen LogP contribution in [0.3, 0.4) is 0 Å². The Bertz CT molecular complexity index is 426. The third kappa shape index (κ3) is 3.16. The van der Waals surface area contributed by atoms with Gasteiger partial charge in [-0.05, 0) is 12.8 Å². The Morgan fingerprint density at radius 2 is 1.50 bits per heavy atom. The van der Waals surface area contributed by atoms with E-state index in [0.29, 0.717) is 12.8 Å². The normalized spacial score (nSPS) is 17.7. The molecule has 0 aromatic heterocycles. The van der Waals surface area contributed by atoms with Crippen LogP contribution in [-0.2, 0) is 14.4 Å². The Hall–Kier alpha value is -2.32. The minimum Gasteiger partial charge on any atom is -0.409 e. The maximum absolute atomic E-state index is 12.6. The van der Waals surface area contributed by atoms with Gasteiger partial charge in [0.15, 0.2) is 5.84 Å². The first-order valence-electron chi connectivity index (χ1n) is 6.17. The molecule has 9 nitrogen and oxygen atoms in total. The molecule has 0 aromatic rings. The van der Waals surface area contributed by atoms with Crippen molar-refractivity contribution in [2.45, 2.75) is 25.7 Å². The van der Waals surface area contributed by atoms with Crippen LogP contribution in [0.5, 0.6) is 0 Å². The van der Waals surface area contributed by atoms with Crippen LogP contribution in [-0.4, -0.2) is 46.8 Å². The molecule has 0 aliphatic heterocycles. The van der Waals surface area contributed by atoms with E-state index in [1.165, 1.54) is 0 Å². The molecule has 112 valence electrons. The molecule has 1 saturated carbocycles. The van der Waals surface area contributed by atoms with Crippen molar-refractivity contribution in [3.8, 4) is 0 Å². The van der Waals surface area contributed by atoms with Gasteiger partial charge in [0.2, 0.25) is 17.7 Å². The first-order valence-corrected chi connectivity index (χ1v) is 6.17. The van der Waals surface area contributed by atoms with Crippen LogP contribution in [0.15, 0.2) is 5.16 Å². The number of oxime groups is 1. The summed E-state index contributed by atoms with van der Waals surface area (Å²) < 4.78 is 0. The van der Waals surface area contributed by atoms with Crippen LogP contribution in [0, 0.1) is 5.41 Å². The van der Waals surface area contributed by atoms with Gasteiger partial charge in [0.05, 0.1) is 13.1 Å². The van der Waals surface area contributed by atoms with Crippen LogP contribution in [0.4, 0.5) is 0 Å².